The Morgan fingerprint density at radius 2 is 1.15 bits per heavy atom. The standard InChI is InChI=1S/C23H26N2O2/c1-17-15-26-21(24-17)23(22-25-18(2)16-27-22,13-19-9-5-3-6-10-19)14-20-11-7-4-8-12-20/h3-12,17-18H,13-16H2,1-2H3/t17-,18-/m1/s1. The molecule has 2 atom stereocenters. The van der Waals surface area contributed by atoms with Gasteiger partial charge in [-0.1, -0.05) is 60.7 Å². The molecule has 0 aliphatic carbocycles. The second-order valence-corrected chi connectivity index (χ2v) is 7.60. The number of rotatable bonds is 6. The first kappa shape index (κ1) is 17.8. The van der Waals surface area contributed by atoms with E-state index in [2.05, 4.69) is 62.4 Å². The average Bonchev–Trinajstić information content (AvgIpc) is 3.32. The Hall–Kier alpha value is -2.62. The monoisotopic (exact) mass is 362 g/mol. The van der Waals surface area contributed by atoms with E-state index in [9.17, 15) is 0 Å². The average molecular weight is 362 g/mol. The molecule has 0 fully saturated rings. The molecule has 0 saturated heterocycles. The van der Waals surface area contributed by atoms with Crippen molar-refractivity contribution >= 4 is 11.8 Å². The lowest BCUT2D eigenvalue weighted by Gasteiger charge is -2.32. The van der Waals surface area contributed by atoms with Gasteiger partial charge in [0.1, 0.15) is 18.6 Å². The lowest BCUT2D eigenvalue weighted by atomic mass is 9.75. The second kappa shape index (κ2) is 7.55. The largest absolute Gasteiger partial charge is 0.478 e. The minimum atomic E-state index is -0.516. The van der Waals surface area contributed by atoms with Crippen molar-refractivity contribution in [2.45, 2.75) is 38.8 Å². The van der Waals surface area contributed by atoms with Gasteiger partial charge >= 0.3 is 0 Å². The highest BCUT2D eigenvalue weighted by atomic mass is 16.5. The number of benzene rings is 2. The highest BCUT2D eigenvalue weighted by molar-refractivity contribution is 6.06. The second-order valence-electron chi connectivity index (χ2n) is 7.60. The molecule has 2 heterocycles. The van der Waals surface area contributed by atoms with Crippen LogP contribution in [-0.2, 0) is 22.3 Å². The first-order valence-corrected chi connectivity index (χ1v) is 9.66. The van der Waals surface area contributed by atoms with Gasteiger partial charge in [-0.05, 0) is 37.8 Å². The van der Waals surface area contributed by atoms with Gasteiger partial charge in [0.25, 0.3) is 0 Å². The molecule has 0 spiro atoms. The maximum absolute atomic E-state index is 6.11. The minimum absolute atomic E-state index is 0.158. The van der Waals surface area contributed by atoms with Crippen molar-refractivity contribution in [2.24, 2.45) is 15.4 Å². The van der Waals surface area contributed by atoms with Crippen LogP contribution in [-0.4, -0.2) is 37.1 Å². The molecule has 0 aromatic heterocycles. The van der Waals surface area contributed by atoms with E-state index in [1.165, 1.54) is 11.1 Å². The Labute approximate surface area is 161 Å². The summed E-state index contributed by atoms with van der Waals surface area (Å²) in [5, 5.41) is 0. The SMILES string of the molecule is C[C@@H]1COC(C(Cc2ccccc2)(Cc2ccccc2)C2=N[C@H](C)CO2)=N1. The highest BCUT2D eigenvalue weighted by Crippen LogP contribution is 2.37. The molecule has 27 heavy (non-hydrogen) atoms. The van der Waals surface area contributed by atoms with Crippen LogP contribution in [0.5, 0.6) is 0 Å². The smallest absolute Gasteiger partial charge is 0.200 e. The van der Waals surface area contributed by atoms with Crippen LogP contribution < -0.4 is 0 Å². The summed E-state index contributed by atoms with van der Waals surface area (Å²) in [6, 6.07) is 21.3. The normalized spacial score (nSPS) is 22.0. The number of aliphatic imine (C=N–C) groups is 2. The van der Waals surface area contributed by atoms with Crippen LogP contribution in [0.4, 0.5) is 0 Å². The van der Waals surface area contributed by atoms with Crippen molar-refractivity contribution in [2.75, 3.05) is 13.2 Å². The van der Waals surface area contributed by atoms with Crippen LogP contribution in [0, 0.1) is 5.41 Å². The minimum Gasteiger partial charge on any atom is -0.478 e. The zero-order chi connectivity index (χ0) is 18.7. The maximum Gasteiger partial charge on any atom is 0.200 e. The van der Waals surface area contributed by atoms with Crippen molar-refractivity contribution in [1.29, 1.82) is 0 Å². The van der Waals surface area contributed by atoms with E-state index in [1.54, 1.807) is 0 Å². The molecule has 4 rings (SSSR count). The number of nitrogens with zero attached hydrogens (tertiary/aromatic N) is 2. The predicted molar refractivity (Wildman–Crippen MR) is 108 cm³/mol. The molecule has 0 saturated carbocycles. The van der Waals surface area contributed by atoms with Crippen LogP contribution in [0.2, 0.25) is 0 Å². The van der Waals surface area contributed by atoms with Gasteiger partial charge in [0.2, 0.25) is 0 Å². The summed E-state index contributed by atoms with van der Waals surface area (Å²) in [7, 11) is 0. The fourth-order valence-electron chi connectivity index (χ4n) is 3.82. The van der Waals surface area contributed by atoms with E-state index < -0.39 is 5.41 Å². The summed E-state index contributed by atoms with van der Waals surface area (Å²) >= 11 is 0. The number of hydrogen-bond acceptors (Lipinski definition) is 4. The summed E-state index contributed by atoms with van der Waals surface area (Å²) in [4.78, 5) is 9.71. The molecule has 0 N–H and O–H groups in total. The zero-order valence-corrected chi connectivity index (χ0v) is 16.0. The maximum atomic E-state index is 6.11. The third-order valence-electron chi connectivity index (χ3n) is 5.11. The topological polar surface area (TPSA) is 43.2 Å². The van der Waals surface area contributed by atoms with E-state index in [1.807, 2.05) is 12.1 Å². The summed E-state index contributed by atoms with van der Waals surface area (Å²) in [6.45, 7) is 5.40. The van der Waals surface area contributed by atoms with Gasteiger partial charge in [0, 0.05) is 0 Å². The van der Waals surface area contributed by atoms with Crippen LogP contribution in [0.15, 0.2) is 70.6 Å². The van der Waals surface area contributed by atoms with E-state index in [0.717, 1.165) is 24.6 Å². The quantitative estimate of drug-likeness (QED) is 0.777. The lowest BCUT2D eigenvalue weighted by molar-refractivity contribution is 0.252. The van der Waals surface area contributed by atoms with Crippen molar-refractivity contribution in [3.63, 3.8) is 0 Å². The molecule has 0 unspecified atom stereocenters. The van der Waals surface area contributed by atoms with Crippen LogP contribution in [0.1, 0.15) is 25.0 Å². The van der Waals surface area contributed by atoms with Gasteiger partial charge in [0.15, 0.2) is 11.8 Å². The van der Waals surface area contributed by atoms with Gasteiger partial charge in [-0.15, -0.1) is 0 Å². The van der Waals surface area contributed by atoms with Gasteiger partial charge in [-0.2, -0.15) is 0 Å². The van der Waals surface area contributed by atoms with Gasteiger partial charge in [-0.25, -0.2) is 9.98 Å². The fourth-order valence-corrected chi connectivity index (χ4v) is 3.82. The van der Waals surface area contributed by atoms with Crippen molar-refractivity contribution in [1.82, 2.24) is 0 Å². The summed E-state index contributed by atoms with van der Waals surface area (Å²) in [6.07, 6.45) is 1.50. The molecule has 0 radical (unpaired) electrons. The van der Waals surface area contributed by atoms with Crippen LogP contribution in [0.3, 0.4) is 0 Å². The highest BCUT2D eigenvalue weighted by Gasteiger charge is 2.48. The van der Waals surface area contributed by atoms with Crippen molar-refractivity contribution < 1.29 is 9.47 Å². The number of hydrogen-bond donors (Lipinski definition) is 0. The van der Waals surface area contributed by atoms with E-state index in [-0.39, 0.29) is 12.1 Å². The molecule has 140 valence electrons. The Bertz CT molecular complexity index is 758. The lowest BCUT2D eigenvalue weighted by Crippen LogP contribution is -2.44. The molecular weight excluding hydrogens is 336 g/mol. The molecular formula is C23H26N2O2. The molecule has 4 heteroatoms. The van der Waals surface area contributed by atoms with E-state index >= 15 is 0 Å². The molecule has 2 aromatic rings. The first-order valence-electron chi connectivity index (χ1n) is 9.66. The molecule has 2 aliphatic rings. The van der Waals surface area contributed by atoms with Gasteiger partial charge in [-0.3, -0.25) is 0 Å². The Morgan fingerprint density at radius 3 is 1.48 bits per heavy atom. The predicted octanol–water partition coefficient (Wildman–Crippen LogP) is 4.09. The Morgan fingerprint density at radius 1 is 0.741 bits per heavy atom. The third kappa shape index (κ3) is 3.75. The fraction of sp³-hybridized carbons (Fsp3) is 0.391. The van der Waals surface area contributed by atoms with Crippen LogP contribution in [0.25, 0.3) is 0 Å². The van der Waals surface area contributed by atoms with E-state index in [4.69, 9.17) is 19.5 Å². The molecule has 0 bridgehead atoms. The third-order valence-corrected chi connectivity index (χ3v) is 5.11. The summed E-state index contributed by atoms with van der Waals surface area (Å²) in [5.74, 6) is 1.52. The summed E-state index contributed by atoms with van der Waals surface area (Å²) < 4.78 is 12.2. The van der Waals surface area contributed by atoms with Crippen LogP contribution >= 0.6 is 0 Å². The van der Waals surface area contributed by atoms with E-state index in [0.29, 0.717) is 13.2 Å². The van der Waals surface area contributed by atoms with Crippen molar-refractivity contribution in [3.8, 4) is 0 Å². The van der Waals surface area contributed by atoms with Crippen molar-refractivity contribution in [3.05, 3.63) is 71.8 Å². The molecule has 0 amide bonds. The van der Waals surface area contributed by atoms with Gasteiger partial charge in [0.05, 0.1) is 12.1 Å². The Kier molecular flexibility index (Phi) is 4.97. The zero-order valence-electron chi connectivity index (χ0n) is 16.0. The molecule has 4 nitrogen and oxygen atoms in total. The molecule has 2 aliphatic heterocycles. The number of ether oxygens (including phenoxy) is 2. The Balaban J connectivity index is 1.82. The first-order chi connectivity index (χ1) is 13.2. The molecule has 2 aromatic carbocycles. The summed E-state index contributed by atoms with van der Waals surface area (Å²) in [5.41, 5.74) is 1.94. The van der Waals surface area contributed by atoms with Gasteiger partial charge < -0.3 is 9.47 Å².